The topological polar surface area (TPSA) is 63.6 Å². The van der Waals surface area contributed by atoms with Crippen molar-refractivity contribution in [1.29, 1.82) is 0 Å². The lowest BCUT2D eigenvalue weighted by molar-refractivity contribution is -0.144. The summed E-state index contributed by atoms with van der Waals surface area (Å²) in [7, 11) is 0. The average molecular weight is 254 g/mol. The summed E-state index contributed by atoms with van der Waals surface area (Å²) < 4.78 is 5.04. The first-order chi connectivity index (χ1) is 8.18. The fraction of sp³-hybridized carbons (Fsp3) is 0.333. The third-order valence-electron chi connectivity index (χ3n) is 1.92. The maximum absolute atomic E-state index is 11.3. The second kappa shape index (κ2) is 7.73. The molecule has 0 heterocycles. The third kappa shape index (κ3) is 6.63. The first-order valence-electron chi connectivity index (χ1n) is 5.17. The van der Waals surface area contributed by atoms with E-state index in [4.69, 9.17) is 9.84 Å². The Labute approximate surface area is 104 Å². The summed E-state index contributed by atoms with van der Waals surface area (Å²) in [5, 5.41) is 8.39. The largest absolute Gasteiger partial charge is 0.481 e. The maximum Gasteiger partial charge on any atom is 0.313 e. The van der Waals surface area contributed by atoms with Crippen molar-refractivity contribution >= 4 is 23.7 Å². The fourth-order valence-corrected chi connectivity index (χ4v) is 1.76. The minimum atomic E-state index is -0.868. The molecule has 0 aliphatic rings. The zero-order valence-electron chi connectivity index (χ0n) is 9.30. The highest BCUT2D eigenvalue weighted by Gasteiger charge is 2.04. The Morgan fingerprint density at radius 2 is 1.94 bits per heavy atom. The molecule has 0 fully saturated rings. The monoisotopic (exact) mass is 254 g/mol. The maximum atomic E-state index is 11.3. The molecule has 4 nitrogen and oxygen atoms in total. The van der Waals surface area contributed by atoms with Gasteiger partial charge < -0.3 is 9.84 Å². The van der Waals surface area contributed by atoms with Gasteiger partial charge in [0.05, 0.1) is 12.2 Å². The number of aliphatic carboxylic acids is 1. The summed E-state index contributed by atoms with van der Waals surface area (Å²) in [6.07, 6.45) is 0.241. The molecular weight excluding hydrogens is 240 g/mol. The molecule has 1 aromatic rings. The summed E-state index contributed by atoms with van der Waals surface area (Å²) in [6, 6.07) is 9.42. The van der Waals surface area contributed by atoms with Crippen LogP contribution in [0, 0.1) is 0 Å². The van der Waals surface area contributed by atoms with Crippen molar-refractivity contribution in [2.45, 2.75) is 13.0 Å². The van der Waals surface area contributed by atoms with Crippen LogP contribution in [0.25, 0.3) is 0 Å². The first kappa shape index (κ1) is 13.6. The van der Waals surface area contributed by atoms with Gasteiger partial charge in [0.2, 0.25) is 0 Å². The van der Waals surface area contributed by atoms with Crippen LogP contribution in [0.5, 0.6) is 0 Å². The molecule has 0 saturated carbocycles. The predicted octanol–water partition coefficient (Wildman–Crippen LogP) is 1.94. The summed E-state index contributed by atoms with van der Waals surface area (Å²) in [5.41, 5.74) is 0.944. The number of carboxylic acids is 1. The van der Waals surface area contributed by atoms with E-state index in [1.54, 1.807) is 0 Å². The average Bonchev–Trinajstić information content (AvgIpc) is 2.33. The number of benzene rings is 1. The van der Waals surface area contributed by atoms with Crippen LogP contribution in [0.15, 0.2) is 30.3 Å². The van der Waals surface area contributed by atoms with E-state index in [9.17, 15) is 9.59 Å². The molecule has 0 saturated heterocycles. The van der Waals surface area contributed by atoms with E-state index < -0.39 is 5.97 Å². The molecule has 17 heavy (non-hydrogen) atoms. The Hall–Kier alpha value is -1.49. The number of carbonyl (C=O) groups excluding carboxylic acids is 1. The van der Waals surface area contributed by atoms with Gasteiger partial charge in [-0.3, -0.25) is 9.59 Å². The number of rotatable bonds is 7. The van der Waals surface area contributed by atoms with Gasteiger partial charge in [-0.1, -0.05) is 30.3 Å². The van der Waals surface area contributed by atoms with Crippen LogP contribution in [0.1, 0.15) is 12.0 Å². The SMILES string of the molecule is O=C(O)CSCCC(=O)OCc1ccccc1. The van der Waals surface area contributed by atoms with Crippen LogP contribution in [0.4, 0.5) is 0 Å². The molecule has 0 aromatic heterocycles. The zero-order chi connectivity index (χ0) is 12.5. The van der Waals surface area contributed by atoms with E-state index in [0.717, 1.165) is 5.56 Å². The number of hydrogen-bond acceptors (Lipinski definition) is 4. The second-order valence-electron chi connectivity index (χ2n) is 3.34. The molecule has 1 N–H and O–H groups in total. The molecule has 0 unspecified atom stereocenters. The quantitative estimate of drug-likeness (QED) is 0.595. The van der Waals surface area contributed by atoms with E-state index in [1.165, 1.54) is 11.8 Å². The number of ether oxygens (including phenoxy) is 1. The first-order valence-corrected chi connectivity index (χ1v) is 6.33. The number of carboxylic acid groups (broad SMARTS) is 1. The molecule has 0 radical (unpaired) electrons. The van der Waals surface area contributed by atoms with Gasteiger partial charge in [-0.2, -0.15) is 0 Å². The zero-order valence-corrected chi connectivity index (χ0v) is 10.1. The molecule has 0 aliphatic heterocycles. The minimum absolute atomic E-state index is 0.0198. The molecular formula is C12H14O4S. The highest BCUT2D eigenvalue weighted by molar-refractivity contribution is 7.99. The van der Waals surface area contributed by atoms with Gasteiger partial charge in [0.15, 0.2) is 0 Å². The molecule has 0 spiro atoms. The Morgan fingerprint density at radius 1 is 1.24 bits per heavy atom. The summed E-state index contributed by atoms with van der Waals surface area (Å²) in [4.78, 5) is 21.5. The highest BCUT2D eigenvalue weighted by atomic mass is 32.2. The summed E-state index contributed by atoms with van der Waals surface area (Å²) in [6.45, 7) is 0.267. The van der Waals surface area contributed by atoms with Gasteiger partial charge in [-0.25, -0.2) is 0 Å². The Morgan fingerprint density at radius 3 is 2.59 bits per heavy atom. The number of carbonyl (C=O) groups is 2. The normalized spacial score (nSPS) is 9.88. The van der Waals surface area contributed by atoms with Crippen LogP contribution < -0.4 is 0 Å². The van der Waals surface area contributed by atoms with Gasteiger partial charge in [0.1, 0.15) is 6.61 Å². The van der Waals surface area contributed by atoms with Gasteiger partial charge in [0, 0.05) is 5.75 Å². The van der Waals surface area contributed by atoms with Crippen molar-refractivity contribution in [3.63, 3.8) is 0 Å². The molecule has 0 atom stereocenters. The highest BCUT2D eigenvalue weighted by Crippen LogP contribution is 2.05. The van der Waals surface area contributed by atoms with Crippen LogP contribution >= 0.6 is 11.8 Å². The molecule has 92 valence electrons. The molecule has 1 aromatic carbocycles. The molecule has 0 bridgehead atoms. The molecule has 5 heteroatoms. The molecule has 0 aliphatic carbocycles. The lowest BCUT2D eigenvalue weighted by atomic mass is 10.2. The summed E-state index contributed by atoms with van der Waals surface area (Å²) >= 11 is 1.21. The minimum Gasteiger partial charge on any atom is -0.481 e. The van der Waals surface area contributed by atoms with Crippen LogP contribution in [0.3, 0.4) is 0 Å². The Bertz CT molecular complexity index is 364. The lowest BCUT2D eigenvalue weighted by Crippen LogP contribution is -2.07. The van der Waals surface area contributed by atoms with Crippen molar-refractivity contribution in [1.82, 2.24) is 0 Å². The van der Waals surface area contributed by atoms with Crippen LogP contribution in [-0.4, -0.2) is 28.6 Å². The smallest absolute Gasteiger partial charge is 0.313 e. The second-order valence-corrected chi connectivity index (χ2v) is 4.45. The van der Waals surface area contributed by atoms with Crippen molar-refractivity contribution in [2.75, 3.05) is 11.5 Å². The van der Waals surface area contributed by atoms with E-state index in [1.807, 2.05) is 30.3 Å². The standard InChI is InChI=1S/C12H14O4S/c13-11(14)9-17-7-6-12(15)16-8-10-4-2-1-3-5-10/h1-5H,6-9H2,(H,13,14). The summed E-state index contributed by atoms with van der Waals surface area (Å²) in [5.74, 6) is -0.675. The van der Waals surface area contributed by atoms with Gasteiger partial charge >= 0.3 is 11.9 Å². The van der Waals surface area contributed by atoms with Crippen molar-refractivity contribution in [3.8, 4) is 0 Å². The lowest BCUT2D eigenvalue weighted by Gasteiger charge is -2.04. The van der Waals surface area contributed by atoms with E-state index >= 15 is 0 Å². The van der Waals surface area contributed by atoms with E-state index in [-0.39, 0.29) is 24.7 Å². The van der Waals surface area contributed by atoms with Crippen LogP contribution in [0.2, 0.25) is 0 Å². The molecule has 0 amide bonds. The molecule has 1 rings (SSSR count). The fourth-order valence-electron chi connectivity index (χ4n) is 1.13. The van der Waals surface area contributed by atoms with Crippen molar-refractivity contribution in [2.24, 2.45) is 0 Å². The van der Waals surface area contributed by atoms with Crippen molar-refractivity contribution in [3.05, 3.63) is 35.9 Å². The Kier molecular flexibility index (Phi) is 6.17. The number of thioether (sulfide) groups is 1. The van der Waals surface area contributed by atoms with Crippen LogP contribution in [-0.2, 0) is 20.9 Å². The van der Waals surface area contributed by atoms with Gasteiger partial charge in [0.25, 0.3) is 0 Å². The number of hydrogen-bond donors (Lipinski definition) is 1. The predicted molar refractivity (Wildman–Crippen MR) is 65.8 cm³/mol. The van der Waals surface area contributed by atoms with Crippen molar-refractivity contribution < 1.29 is 19.4 Å². The van der Waals surface area contributed by atoms with E-state index in [2.05, 4.69) is 0 Å². The third-order valence-corrected chi connectivity index (χ3v) is 2.86. The van der Waals surface area contributed by atoms with E-state index in [0.29, 0.717) is 5.75 Å². The van der Waals surface area contributed by atoms with Gasteiger partial charge in [-0.15, -0.1) is 11.8 Å². The van der Waals surface area contributed by atoms with Gasteiger partial charge in [-0.05, 0) is 5.56 Å². The Balaban J connectivity index is 2.11. The number of esters is 1.